The van der Waals surface area contributed by atoms with Crippen molar-refractivity contribution in [2.24, 2.45) is 0 Å². The van der Waals surface area contributed by atoms with Gasteiger partial charge in [0.15, 0.2) is 0 Å². The molecular weight excluding hydrogens is 188 g/mol. The Hall–Kier alpha value is -1.71. The van der Waals surface area contributed by atoms with Gasteiger partial charge < -0.3 is 5.32 Å². The van der Waals surface area contributed by atoms with Gasteiger partial charge in [-0.05, 0) is 6.07 Å². The molecule has 1 aliphatic rings. The molecule has 72 valence electrons. The Kier molecular flexibility index (Phi) is 2.04. The van der Waals surface area contributed by atoms with Crippen LogP contribution in [0.15, 0.2) is 18.2 Å². The highest BCUT2D eigenvalue weighted by atomic mass is 19.1. The van der Waals surface area contributed by atoms with Crippen molar-refractivity contribution in [3.05, 3.63) is 35.4 Å². The number of rotatable bonds is 0. The molecule has 1 amide bonds. The first-order valence-corrected chi connectivity index (χ1v) is 4.12. The van der Waals surface area contributed by atoms with Crippen LogP contribution >= 0.6 is 0 Å². The Balaban J connectivity index is 2.59. The van der Waals surface area contributed by atoms with Gasteiger partial charge in [0.25, 0.3) is 0 Å². The van der Waals surface area contributed by atoms with Crippen LogP contribution in [0.25, 0.3) is 6.08 Å². The quantitative estimate of drug-likeness (QED) is 0.676. The Morgan fingerprint density at radius 3 is 2.86 bits per heavy atom. The minimum absolute atomic E-state index is 0.0464. The zero-order valence-corrected chi connectivity index (χ0v) is 7.18. The van der Waals surface area contributed by atoms with Gasteiger partial charge in [0.05, 0.1) is 5.69 Å². The fourth-order valence-corrected chi connectivity index (χ4v) is 1.34. The molecule has 0 saturated carbocycles. The van der Waals surface area contributed by atoms with Crippen molar-refractivity contribution >= 4 is 17.7 Å². The van der Waals surface area contributed by atoms with Crippen molar-refractivity contribution in [3.8, 4) is 0 Å². The highest BCUT2D eigenvalue weighted by Crippen LogP contribution is 2.25. The van der Waals surface area contributed by atoms with E-state index in [0.29, 0.717) is 5.56 Å². The lowest BCUT2D eigenvalue weighted by Crippen LogP contribution is -2.11. The molecular formula is C10H7F2NO. The second kappa shape index (κ2) is 3.21. The van der Waals surface area contributed by atoms with Crippen LogP contribution < -0.4 is 5.32 Å². The van der Waals surface area contributed by atoms with Gasteiger partial charge in [-0.15, -0.1) is 0 Å². The van der Waals surface area contributed by atoms with E-state index in [1.807, 2.05) is 0 Å². The maximum atomic E-state index is 13.2. The van der Waals surface area contributed by atoms with Crippen LogP contribution in [0.3, 0.4) is 0 Å². The summed E-state index contributed by atoms with van der Waals surface area (Å²) >= 11 is 0. The average molecular weight is 195 g/mol. The third-order valence-corrected chi connectivity index (χ3v) is 1.95. The van der Waals surface area contributed by atoms with Gasteiger partial charge in [0, 0.05) is 18.1 Å². The second-order valence-corrected chi connectivity index (χ2v) is 3.01. The molecule has 2 nitrogen and oxygen atoms in total. The minimum Gasteiger partial charge on any atom is -0.323 e. The molecule has 1 aromatic carbocycles. The normalized spacial score (nSPS) is 14.6. The van der Waals surface area contributed by atoms with Crippen molar-refractivity contribution in [2.75, 3.05) is 5.32 Å². The molecule has 0 radical (unpaired) electrons. The number of fused-ring (bicyclic) bond motifs is 1. The third kappa shape index (κ3) is 1.51. The number of halogens is 2. The van der Waals surface area contributed by atoms with E-state index in [9.17, 15) is 13.6 Å². The summed E-state index contributed by atoms with van der Waals surface area (Å²) in [6.45, 7) is 0. The molecule has 2 rings (SSSR count). The summed E-state index contributed by atoms with van der Waals surface area (Å²) in [5.41, 5.74) is 0.401. The summed E-state index contributed by atoms with van der Waals surface area (Å²) in [6, 6.07) is 1.93. The van der Waals surface area contributed by atoms with Crippen molar-refractivity contribution in [2.45, 2.75) is 6.42 Å². The van der Waals surface area contributed by atoms with E-state index in [1.54, 1.807) is 6.08 Å². The van der Waals surface area contributed by atoms with Gasteiger partial charge in [-0.3, -0.25) is 4.79 Å². The van der Waals surface area contributed by atoms with Gasteiger partial charge in [-0.25, -0.2) is 8.78 Å². The molecule has 0 saturated heterocycles. The number of hydrogen-bond acceptors (Lipinski definition) is 1. The van der Waals surface area contributed by atoms with Crippen LogP contribution in [0.4, 0.5) is 14.5 Å². The Morgan fingerprint density at radius 2 is 2.07 bits per heavy atom. The Morgan fingerprint density at radius 1 is 1.29 bits per heavy atom. The number of carbonyl (C=O) groups excluding carboxylic acids is 1. The van der Waals surface area contributed by atoms with E-state index < -0.39 is 11.6 Å². The molecule has 1 aromatic rings. The first-order chi connectivity index (χ1) is 6.66. The monoisotopic (exact) mass is 195 g/mol. The fourth-order valence-electron chi connectivity index (χ4n) is 1.34. The summed E-state index contributed by atoms with van der Waals surface area (Å²) in [4.78, 5) is 11.1. The zero-order valence-electron chi connectivity index (χ0n) is 7.18. The lowest BCUT2D eigenvalue weighted by Gasteiger charge is -2.06. The van der Waals surface area contributed by atoms with Crippen molar-refractivity contribution < 1.29 is 13.6 Å². The van der Waals surface area contributed by atoms with Gasteiger partial charge in [-0.1, -0.05) is 12.2 Å². The molecule has 14 heavy (non-hydrogen) atoms. The maximum Gasteiger partial charge on any atom is 0.228 e. The first kappa shape index (κ1) is 8.87. The fraction of sp³-hybridized carbons (Fsp3) is 0.100. The van der Waals surface area contributed by atoms with E-state index >= 15 is 0 Å². The van der Waals surface area contributed by atoms with Crippen LogP contribution in [0, 0.1) is 11.6 Å². The topological polar surface area (TPSA) is 29.1 Å². The zero-order chi connectivity index (χ0) is 10.1. The van der Waals surface area contributed by atoms with Crippen LogP contribution in [-0.2, 0) is 4.79 Å². The summed E-state index contributed by atoms with van der Waals surface area (Å²) in [5, 5.41) is 2.37. The standard InChI is InChI=1S/C10H7F2NO/c11-7-4-6-2-1-3-9(14)13-10(6)8(12)5-7/h1-2,4-5H,3H2,(H,13,14). The molecule has 1 heterocycles. The van der Waals surface area contributed by atoms with Crippen LogP contribution in [0.2, 0.25) is 0 Å². The van der Waals surface area contributed by atoms with Gasteiger partial charge in [0.1, 0.15) is 11.6 Å². The molecule has 0 atom stereocenters. The van der Waals surface area contributed by atoms with Gasteiger partial charge >= 0.3 is 0 Å². The smallest absolute Gasteiger partial charge is 0.228 e. The molecule has 0 aliphatic carbocycles. The van der Waals surface area contributed by atoms with E-state index in [4.69, 9.17) is 0 Å². The first-order valence-electron chi connectivity index (χ1n) is 4.12. The van der Waals surface area contributed by atoms with Crippen LogP contribution in [0.5, 0.6) is 0 Å². The molecule has 4 heteroatoms. The van der Waals surface area contributed by atoms with Crippen molar-refractivity contribution in [1.82, 2.24) is 0 Å². The second-order valence-electron chi connectivity index (χ2n) is 3.01. The molecule has 1 aliphatic heterocycles. The summed E-state index contributed by atoms with van der Waals surface area (Å²) in [7, 11) is 0. The highest BCUT2D eigenvalue weighted by molar-refractivity contribution is 5.96. The van der Waals surface area contributed by atoms with Gasteiger partial charge in [-0.2, -0.15) is 0 Å². The van der Waals surface area contributed by atoms with E-state index in [1.165, 1.54) is 12.1 Å². The molecule has 0 bridgehead atoms. The molecule has 0 unspecified atom stereocenters. The van der Waals surface area contributed by atoms with E-state index in [0.717, 1.165) is 6.07 Å². The largest absolute Gasteiger partial charge is 0.323 e. The lowest BCUT2D eigenvalue weighted by molar-refractivity contribution is -0.115. The molecule has 0 aromatic heterocycles. The van der Waals surface area contributed by atoms with Crippen molar-refractivity contribution in [1.29, 1.82) is 0 Å². The van der Waals surface area contributed by atoms with Gasteiger partial charge in [0.2, 0.25) is 5.91 Å². The Labute approximate surface area is 79.2 Å². The minimum atomic E-state index is -0.750. The molecule has 1 N–H and O–H groups in total. The number of amides is 1. The van der Waals surface area contributed by atoms with Crippen LogP contribution in [-0.4, -0.2) is 5.91 Å². The summed E-state index contributed by atoms with van der Waals surface area (Å²) in [6.07, 6.45) is 3.27. The number of anilines is 1. The SMILES string of the molecule is O=C1CC=Cc2cc(F)cc(F)c2N1. The predicted molar refractivity (Wildman–Crippen MR) is 48.6 cm³/mol. The lowest BCUT2D eigenvalue weighted by atomic mass is 10.1. The molecule has 0 spiro atoms. The summed E-state index contributed by atoms with van der Waals surface area (Å²) in [5.74, 6) is -1.70. The average Bonchev–Trinajstić information content (AvgIpc) is 2.27. The highest BCUT2D eigenvalue weighted by Gasteiger charge is 2.14. The number of carbonyl (C=O) groups is 1. The van der Waals surface area contributed by atoms with E-state index in [-0.39, 0.29) is 18.0 Å². The maximum absolute atomic E-state index is 13.2. The van der Waals surface area contributed by atoms with Crippen LogP contribution in [0.1, 0.15) is 12.0 Å². The summed E-state index contributed by atoms with van der Waals surface area (Å²) < 4.78 is 26.0. The molecule has 0 fully saturated rings. The Bertz CT molecular complexity index is 426. The number of benzene rings is 1. The van der Waals surface area contributed by atoms with Crippen molar-refractivity contribution in [3.63, 3.8) is 0 Å². The predicted octanol–water partition coefficient (Wildman–Crippen LogP) is 2.32. The van der Waals surface area contributed by atoms with E-state index in [2.05, 4.69) is 5.32 Å². The third-order valence-electron chi connectivity index (χ3n) is 1.95. The number of nitrogens with one attached hydrogen (secondary N) is 1. The number of hydrogen-bond donors (Lipinski definition) is 1.